The summed E-state index contributed by atoms with van der Waals surface area (Å²) in [6.45, 7) is 2.05. The molecule has 1 aliphatic rings. The van der Waals surface area contributed by atoms with E-state index in [1.54, 1.807) is 7.11 Å². The van der Waals surface area contributed by atoms with Crippen molar-refractivity contribution in [2.24, 2.45) is 0 Å². The zero-order chi connectivity index (χ0) is 11.3. The Hall–Kier alpha value is 0.690. The van der Waals surface area contributed by atoms with E-state index in [1.807, 2.05) is 6.92 Å². The molecule has 1 fully saturated rings. The predicted molar refractivity (Wildman–Crippen MR) is 67.1 cm³/mol. The molecular weight excluding hydrogens is 279 g/mol. The molecule has 1 aliphatic carbocycles. The third-order valence-electron chi connectivity index (χ3n) is 2.93. The van der Waals surface area contributed by atoms with Gasteiger partial charge in [-0.3, -0.25) is 0 Å². The van der Waals surface area contributed by atoms with Crippen molar-refractivity contribution in [1.82, 2.24) is 0 Å². The van der Waals surface area contributed by atoms with Gasteiger partial charge in [0.15, 0.2) is 0 Å². The van der Waals surface area contributed by atoms with Crippen LogP contribution in [0.4, 0.5) is 0 Å². The van der Waals surface area contributed by atoms with Gasteiger partial charge in [-0.15, -0.1) is 11.6 Å². The number of rotatable bonds is 5. The largest absolute Gasteiger partial charge is 0.381 e. The van der Waals surface area contributed by atoms with Crippen molar-refractivity contribution in [3.8, 4) is 0 Å². The van der Waals surface area contributed by atoms with Crippen LogP contribution < -0.4 is 0 Å². The van der Waals surface area contributed by atoms with Gasteiger partial charge < -0.3 is 9.47 Å². The highest BCUT2D eigenvalue weighted by Gasteiger charge is 2.30. The van der Waals surface area contributed by atoms with Gasteiger partial charge in [0.1, 0.15) is 0 Å². The Morgan fingerprint density at radius 3 is 2.60 bits per heavy atom. The van der Waals surface area contributed by atoms with E-state index in [4.69, 9.17) is 21.1 Å². The van der Waals surface area contributed by atoms with Gasteiger partial charge >= 0.3 is 0 Å². The molecule has 0 heterocycles. The number of methoxy groups -OCH3 is 1. The van der Waals surface area contributed by atoms with Crippen LogP contribution in [0, 0.1) is 0 Å². The van der Waals surface area contributed by atoms with Gasteiger partial charge in [0.05, 0.1) is 23.7 Å². The summed E-state index contributed by atoms with van der Waals surface area (Å²) in [5.74, 6) is 0.520. The average molecular weight is 300 g/mol. The Morgan fingerprint density at radius 2 is 2.07 bits per heavy atom. The predicted octanol–water partition coefficient (Wildman–Crippen LogP) is 3.35. The summed E-state index contributed by atoms with van der Waals surface area (Å²) in [4.78, 5) is 0. The molecule has 0 saturated heterocycles. The highest BCUT2D eigenvalue weighted by Crippen LogP contribution is 2.28. The first kappa shape index (κ1) is 13.8. The molecule has 0 amide bonds. The second kappa shape index (κ2) is 6.43. The van der Waals surface area contributed by atoms with Crippen molar-refractivity contribution in [2.45, 2.75) is 50.4 Å². The Morgan fingerprint density at radius 1 is 1.40 bits per heavy atom. The van der Waals surface area contributed by atoms with Crippen LogP contribution in [0.15, 0.2) is 0 Å². The lowest BCUT2D eigenvalue weighted by Crippen LogP contribution is -2.40. The number of hydrogen-bond acceptors (Lipinski definition) is 2. The first-order valence-electron chi connectivity index (χ1n) is 5.46. The van der Waals surface area contributed by atoms with E-state index in [0.717, 1.165) is 24.6 Å². The summed E-state index contributed by atoms with van der Waals surface area (Å²) in [7, 11) is 1.78. The lowest BCUT2D eigenvalue weighted by Gasteiger charge is -2.35. The number of hydrogen-bond donors (Lipinski definition) is 0. The highest BCUT2D eigenvalue weighted by molar-refractivity contribution is 9.09. The quantitative estimate of drug-likeness (QED) is 0.725. The first-order chi connectivity index (χ1) is 7.13. The van der Waals surface area contributed by atoms with Crippen molar-refractivity contribution in [2.75, 3.05) is 18.3 Å². The lowest BCUT2D eigenvalue weighted by atomic mass is 9.94. The molecule has 15 heavy (non-hydrogen) atoms. The fourth-order valence-electron chi connectivity index (χ4n) is 1.92. The average Bonchev–Trinajstić information content (AvgIpc) is 2.29. The van der Waals surface area contributed by atoms with E-state index < -0.39 is 0 Å². The Labute approximate surface area is 106 Å². The minimum absolute atomic E-state index is 0.248. The van der Waals surface area contributed by atoms with Crippen LogP contribution in [-0.2, 0) is 9.47 Å². The molecule has 2 nitrogen and oxygen atoms in total. The van der Waals surface area contributed by atoms with Crippen LogP contribution in [0.3, 0.4) is 0 Å². The Kier molecular flexibility index (Phi) is 5.90. The van der Waals surface area contributed by atoms with E-state index in [9.17, 15) is 0 Å². The summed E-state index contributed by atoms with van der Waals surface area (Å²) >= 11 is 9.36. The van der Waals surface area contributed by atoms with Crippen LogP contribution in [0.25, 0.3) is 0 Å². The van der Waals surface area contributed by atoms with Crippen molar-refractivity contribution in [3.63, 3.8) is 0 Å². The molecule has 4 heteroatoms. The van der Waals surface area contributed by atoms with E-state index >= 15 is 0 Å². The van der Waals surface area contributed by atoms with Gasteiger partial charge in [-0.1, -0.05) is 15.9 Å². The summed E-state index contributed by atoms with van der Waals surface area (Å²) in [6.07, 6.45) is 5.12. The van der Waals surface area contributed by atoms with E-state index in [2.05, 4.69) is 15.9 Å². The highest BCUT2D eigenvalue weighted by atomic mass is 79.9. The van der Waals surface area contributed by atoms with Crippen molar-refractivity contribution >= 4 is 27.5 Å². The standard InChI is InChI=1S/C11H20BrClO2/c1-11(7-12,8-13)15-10-5-3-4-9(6-10)14-2/h9-10H,3-8H2,1-2H3. The minimum Gasteiger partial charge on any atom is -0.381 e. The molecule has 0 aromatic rings. The molecule has 0 bridgehead atoms. The molecule has 0 N–H and O–H groups in total. The molecule has 3 atom stereocenters. The molecular formula is C11H20BrClO2. The molecule has 0 aromatic carbocycles. The van der Waals surface area contributed by atoms with Crippen molar-refractivity contribution in [1.29, 1.82) is 0 Å². The van der Waals surface area contributed by atoms with Crippen LogP contribution in [0.1, 0.15) is 32.6 Å². The van der Waals surface area contributed by atoms with E-state index in [1.165, 1.54) is 6.42 Å². The second-order valence-corrected chi connectivity index (χ2v) is 5.31. The zero-order valence-electron chi connectivity index (χ0n) is 9.47. The fourth-order valence-corrected chi connectivity index (χ4v) is 2.64. The molecule has 3 unspecified atom stereocenters. The molecule has 0 radical (unpaired) electrons. The van der Waals surface area contributed by atoms with Crippen LogP contribution in [0.2, 0.25) is 0 Å². The molecule has 1 rings (SSSR count). The number of halogens is 2. The topological polar surface area (TPSA) is 18.5 Å². The normalized spacial score (nSPS) is 31.2. The van der Waals surface area contributed by atoms with Crippen molar-refractivity contribution < 1.29 is 9.47 Å². The Balaban J connectivity index is 2.43. The monoisotopic (exact) mass is 298 g/mol. The van der Waals surface area contributed by atoms with E-state index in [-0.39, 0.29) is 5.60 Å². The molecule has 1 saturated carbocycles. The minimum atomic E-state index is -0.248. The fraction of sp³-hybridized carbons (Fsp3) is 1.00. The van der Waals surface area contributed by atoms with Crippen LogP contribution in [-0.4, -0.2) is 36.1 Å². The maximum Gasteiger partial charge on any atom is 0.0889 e. The van der Waals surface area contributed by atoms with Gasteiger partial charge in [-0.25, -0.2) is 0 Å². The lowest BCUT2D eigenvalue weighted by molar-refractivity contribution is -0.0928. The number of ether oxygens (including phenoxy) is 2. The Bertz CT molecular complexity index is 185. The summed E-state index contributed by atoms with van der Waals surface area (Å²) in [5, 5.41) is 0.775. The van der Waals surface area contributed by atoms with Gasteiger partial charge in [0, 0.05) is 12.4 Å². The van der Waals surface area contributed by atoms with Gasteiger partial charge in [0.2, 0.25) is 0 Å². The SMILES string of the molecule is COC1CCCC(OC(C)(CCl)CBr)C1. The van der Waals surface area contributed by atoms with Crippen LogP contribution >= 0.6 is 27.5 Å². The van der Waals surface area contributed by atoms with Crippen LogP contribution in [0.5, 0.6) is 0 Å². The smallest absolute Gasteiger partial charge is 0.0889 e. The summed E-state index contributed by atoms with van der Waals surface area (Å²) in [6, 6.07) is 0. The number of alkyl halides is 2. The van der Waals surface area contributed by atoms with Crippen molar-refractivity contribution in [3.05, 3.63) is 0 Å². The van der Waals surface area contributed by atoms with Gasteiger partial charge in [0.25, 0.3) is 0 Å². The van der Waals surface area contributed by atoms with Gasteiger partial charge in [-0.05, 0) is 32.6 Å². The summed E-state index contributed by atoms with van der Waals surface area (Å²) < 4.78 is 11.4. The second-order valence-electron chi connectivity index (χ2n) is 4.48. The zero-order valence-corrected chi connectivity index (χ0v) is 11.8. The molecule has 0 aromatic heterocycles. The summed E-state index contributed by atoms with van der Waals surface area (Å²) in [5.41, 5.74) is -0.248. The third-order valence-corrected chi connectivity index (χ3v) is 4.68. The molecule has 0 aliphatic heterocycles. The maximum absolute atomic E-state index is 6.05. The van der Waals surface area contributed by atoms with Gasteiger partial charge in [-0.2, -0.15) is 0 Å². The first-order valence-corrected chi connectivity index (χ1v) is 7.11. The molecule has 0 spiro atoms. The molecule has 90 valence electrons. The maximum atomic E-state index is 6.05. The van der Waals surface area contributed by atoms with E-state index in [0.29, 0.717) is 18.1 Å². The third kappa shape index (κ3) is 4.22.